The molecular formula is C16H21N3O2. The number of carbonyl (C=O) groups excluding carboxylic acids is 1. The number of hydrogen-bond acceptors (Lipinski definition) is 3. The quantitative estimate of drug-likeness (QED) is 0.647. The molecule has 1 aliphatic carbocycles. The highest BCUT2D eigenvalue weighted by Gasteiger charge is 2.27. The zero-order chi connectivity index (χ0) is 14.8. The van der Waals surface area contributed by atoms with Crippen LogP contribution in [0.4, 0.5) is 5.69 Å². The molecule has 0 saturated heterocycles. The van der Waals surface area contributed by atoms with Gasteiger partial charge < -0.3 is 21.1 Å². The van der Waals surface area contributed by atoms with Gasteiger partial charge in [0.15, 0.2) is 0 Å². The van der Waals surface area contributed by atoms with Crippen LogP contribution >= 0.6 is 0 Å². The molecule has 0 bridgehead atoms. The number of aliphatic hydroxyl groups excluding tert-OH is 1. The Morgan fingerprint density at radius 2 is 2.19 bits per heavy atom. The van der Waals surface area contributed by atoms with Gasteiger partial charge in [-0.3, -0.25) is 4.79 Å². The van der Waals surface area contributed by atoms with Gasteiger partial charge in [-0.15, -0.1) is 0 Å². The van der Waals surface area contributed by atoms with Crippen LogP contribution in [0.2, 0.25) is 0 Å². The van der Waals surface area contributed by atoms with Crippen LogP contribution in [0, 0.1) is 11.8 Å². The minimum Gasteiger partial charge on any atom is -0.397 e. The molecule has 5 N–H and O–H groups in total. The van der Waals surface area contributed by atoms with Crippen molar-refractivity contribution in [3.05, 3.63) is 30.0 Å². The molecule has 3 rings (SSSR count). The topological polar surface area (TPSA) is 91.1 Å². The van der Waals surface area contributed by atoms with Crippen molar-refractivity contribution < 1.29 is 9.90 Å². The molecule has 1 aromatic carbocycles. The van der Waals surface area contributed by atoms with E-state index in [0.29, 0.717) is 29.8 Å². The van der Waals surface area contributed by atoms with E-state index in [2.05, 4.69) is 10.3 Å². The number of anilines is 1. The van der Waals surface area contributed by atoms with E-state index in [9.17, 15) is 9.90 Å². The third kappa shape index (κ3) is 2.74. The Hall–Kier alpha value is -2.01. The van der Waals surface area contributed by atoms with Crippen molar-refractivity contribution in [3.8, 4) is 0 Å². The van der Waals surface area contributed by atoms with Gasteiger partial charge in [0.25, 0.3) is 5.91 Å². The summed E-state index contributed by atoms with van der Waals surface area (Å²) in [5.41, 5.74) is 7.86. The molecule has 2 unspecified atom stereocenters. The molecule has 1 saturated carbocycles. The molecule has 1 amide bonds. The Morgan fingerprint density at radius 3 is 2.95 bits per heavy atom. The number of carbonyl (C=O) groups is 1. The number of amides is 1. The van der Waals surface area contributed by atoms with Crippen LogP contribution in [0.3, 0.4) is 0 Å². The fraction of sp³-hybridized carbons (Fsp3) is 0.438. The second kappa shape index (κ2) is 5.77. The highest BCUT2D eigenvalue weighted by Crippen LogP contribution is 2.30. The van der Waals surface area contributed by atoms with Gasteiger partial charge in [0.1, 0.15) is 5.69 Å². The van der Waals surface area contributed by atoms with Crippen LogP contribution in [0.15, 0.2) is 24.3 Å². The second-order valence-corrected chi connectivity index (χ2v) is 5.84. The van der Waals surface area contributed by atoms with E-state index >= 15 is 0 Å². The Bertz CT molecular complexity index is 650. The molecule has 2 atom stereocenters. The largest absolute Gasteiger partial charge is 0.397 e. The van der Waals surface area contributed by atoms with Crippen molar-refractivity contribution in [3.63, 3.8) is 0 Å². The van der Waals surface area contributed by atoms with Crippen molar-refractivity contribution >= 4 is 22.5 Å². The second-order valence-electron chi connectivity index (χ2n) is 5.84. The number of aromatic nitrogens is 1. The summed E-state index contributed by atoms with van der Waals surface area (Å²) in [6.45, 7) is 0.832. The number of para-hydroxylation sites is 1. The predicted molar refractivity (Wildman–Crippen MR) is 83.0 cm³/mol. The molecule has 21 heavy (non-hydrogen) atoms. The first-order valence-corrected chi connectivity index (χ1v) is 7.45. The van der Waals surface area contributed by atoms with Gasteiger partial charge in [0.2, 0.25) is 0 Å². The summed E-state index contributed by atoms with van der Waals surface area (Å²) in [4.78, 5) is 15.3. The fourth-order valence-corrected chi connectivity index (χ4v) is 3.24. The Kier molecular flexibility index (Phi) is 3.84. The highest BCUT2D eigenvalue weighted by molar-refractivity contribution is 6.00. The van der Waals surface area contributed by atoms with Crippen LogP contribution in [-0.2, 0) is 0 Å². The van der Waals surface area contributed by atoms with Gasteiger partial charge in [-0.05, 0) is 36.8 Å². The smallest absolute Gasteiger partial charge is 0.267 e. The van der Waals surface area contributed by atoms with Gasteiger partial charge in [-0.25, -0.2) is 0 Å². The van der Waals surface area contributed by atoms with Gasteiger partial charge in [0.05, 0.1) is 11.2 Å². The molecule has 1 heterocycles. The molecule has 0 spiro atoms. The summed E-state index contributed by atoms with van der Waals surface area (Å²) in [6.07, 6.45) is 3.26. The summed E-state index contributed by atoms with van der Waals surface area (Å²) < 4.78 is 0. The summed E-state index contributed by atoms with van der Waals surface area (Å²) in [7, 11) is 0. The first-order valence-electron chi connectivity index (χ1n) is 7.45. The third-order valence-corrected chi connectivity index (χ3v) is 4.51. The lowest BCUT2D eigenvalue weighted by Gasteiger charge is -2.17. The van der Waals surface area contributed by atoms with Gasteiger partial charge in [-0.1, -0.05) is 18.6 Å². The third-order valence-electron chi connectivity index (χ3n) is 4.51. The maximum absolute atomic E-state index is 12.2. The molecule has 5 heteroatoms. The van der Waals surface area contributed by atoms with Crippen molar-refractivity contribution in [2.75, 3.05) is 18.9 Å². The van der Waals surface area contributed by atoms with Crippen molar-refractivity contribution in [2.45, 2.75) is 19.3 Å². The molecule has 112 valence electrons. The standard InChI is InChI=1S/C16H21N3O2/c17-13-6-2-3-10-7-14(19-15(10)13)16(21)18-8-11-4-1-5-12(11)9-20/h2-3,6-7,11-12,19-20H,1,4-5,8-9,17H2,(H,18,21). The van der Waals surface area contributed by atoms with Crippen LogP contribution in [0.5, 0.6) is 0 Å². The zero-order valence-electron chi connectivity index (χ0n) is 11.9. The zero-order valence-corrected chi connectivity index (χ0v) is 11.9. The molecule has 0 aliphatic heterocycles. The number of nitrogens with one attached hydrogen (secondary N) is 2. The number of aliphatic hydroxyl groups is 1. The monoisotopic (exact) mass is 287 g/mol. The number of aromatic amines is 1. The van der Waals surface area contributed by atoms with E-state index in [4.69, 9.17) is 5.73 Å². The average Bonchev–Trinajstić information content (AvgIpc) is 3.11. The van der Waals surface area contributed by atoms with E-state index < -0.39 is 0 Å². The minimum atomic E-state index is -0.116. The highest BCUT2D eigenvalue weighted by atomic mass is 16.3. The number of nitrogen functional groups attached to an aromatic ring is 1. The Morgan fingerprint density at radius 1 is 1.38 bits per heavy atom. The maximum Gasteiger partial charge on any atom is 0.267 e. The minimum absolute atomic E-state index is 0.116. The average molecular weight is 287 g/mol. The first-order chi connectivity index (χ1) is 10.2. The number of H-pyrrole nitrogens is 1. The number of nitrogens with two attached hydrogens (primary N) is 1. The maximum atomic E-state index is 12.2. The normalized spacial score (nSPS) is 21.8. The SMILES string of the molecule is Nc1cccc2cc(C(=O)NCC3CCCC3CO)[nH]c12. The van der Waals surface area contributed by atoms with Gasteiger partial charge in [-0.2, -0.15) is 0 Å². The Balaban J connectivity index is 1.68. The van der Waals surface area contributed by atoms with Crippen molar-refractivity contribution in [1.29, 1.82) is 0 Å². The molecule has 2 aromatic rings. The van der Waals surface area contributed by atoms with Crippen LogP contribution < -0.4 is 11.1 Å². The fourth-order valence-electron chi connectivity index (χ4n) is 3.24. The number of fused-ring (bicyclic) bond motifs is 1. The molecule has 0 radical (unpaired) electrons. The molecule has 1 fully saturated rings. The van der Waals surface area contributed by atoms with Crippen molar-refractivity contribution in [2.24, 2.45) is 11.8 Å². The first kappa shape index (κ1) is 13.9. The van der Waals surface area contributed by atoms with E-state index in [1.165, 1.54) is 0 Å². The van der Waals surface area contributed by atoms with E-state index in [-0.39, 0.29) is 12.5 Å². The van der Waals surface area contributed by atoms with Gasteiger partial charge >= 0.3 is 0 Å². The van der Waals surface area contributed by atoms with Gasteiger partial charge in [0, 0.05) is 18.5 Å². The van der Waals surface area contributed by atoms with Crippen molar-refractivity contribution in [1.82, 2.24) is 10.3 Å². The Labute approximate surface area is 123 Å². The molecule has 1 aromatic heterocycles. The van der Waals surface area contributed by atoms with E-state index in [1.807, 2.05) is 24.3 Å². The molecular weight excluding hydrogens is 266 g/mol. The van der Waals surface area contributed by atoms with Crippen LogP contribution in [0.1, 0.15) is 29.8 Å². The van der Waals surface area contributed by atoms with Crippen LogP contribution in [0.25, 0.3) is 10.9 Å². The van der Waals surface area contributed by atoms with E-state index in [0.717, 1.165) is 30.2 Å². The number of hydrogen-bond donors (Lipinski definition) is 4. The summed E-state index contributed by atoms with van der Waals surface area (Å²) in [5, 5.41) is 13.2. The molecule has 1 aliphatic rings. The van der Waals surface area contributed by atoms with Crippen LogP contribution in [-0.4, -0.2) is 29.1 Å². The summed E-state index contributed by atoms with van der Waals surface area (Å²) >= 11 is 0. The number of benzene rings is 1. The predicted octanol–water partition coefficient (Wildman–Crippen LogP) is 1.89. The lowest BCUT2D eigenvalue weighted by Crippen LogP contribution is -2.31. The lowest BCUT2D eigenvalue weighted by molar-refractivity contribution is 0.0933. The molecule has 5 nitrogen and oxygen atoms in total. The summed E-state index contributed by atoms with van der Waals surface area (Å²) in [5.74, 6) is 0.589. The lowest BCUT2D eigenvalue weighted by atomic mass is 9.97. The van der Waals surface area contributed by atoms with E-state index in [1.54, 1.807) is 0 Å². The summed E-state index contributed by atoms with van der Waals surface area (Å²) in [6, 6.07) is 7.43. The number of rotatable bonds is 4.